The summed E-state index contributed by atoms with van der Waals surface area (Å²) in [7, 11) is 0. The number of carbonyl (C=O) groups is 1. The van der Waals surface area contributed by atoms with Gasteiger partial charge in [-0.25, -0.2) is 15.1 Å². The zero-order valence-electron chi connectivity index (χ0n) is 18.6. The van der Waals surface area contributed by atoms with E-state index < -0.39 is 53.3 Å². The SMILES string of the molecule is CC(C=NOCC(=O)N1CCN(c2ncc(C(F)(F)F)cn2)CC1)Nc1cn[nH]c(=O)c1C(F)(F)F. The first-order valence-corrected chi connectivity index (χ1v) is 10.3. The number of piperazine rings is 1. The van der Waals surface area contributed by atoms with E-state index in [1.165, 1.54) is 11.8 Å². The second-order valence-electron chi connectivity index (χ2n) is 7.58. The molecule has 1 amide bonds. The van der Waals surface area contributed by atoms with Crippen molar-refractivity contribution in [2.75, 3.05) is 43.0 Å². The monoisotopic (exact) mass is 522 g/mol. The summed E-state index contributed by atoms with van der Waals surface area (Å²) in [6.45, 7) is 2.05. The molecule has 2 aromatic heterocycles. The molecule has 1 saturated heterocycles. The molecule has 0 bridgehead atoms. The van der Waals surface area contributed by atoms with Gasteiger partial charge < -0.3 is 20.0 Å². The fraction of sp³-hybridized carbons (Fsp3) is 0.474. The summed E-state index contributed by atoms with van der Waals surface area (Å²) in [4.78, 5) is 39.2. The molecule has 1 aliphatic heterocycles. The Morgan fingerprint density at radius 2 is 1.78 bits per heavy atom. The van der Waals surface area contributed by atoms with Crippen LogP contribution in [0, 0.1) is 0 Å². The lowest BCUT2D eigenvalue weighted by molar-refractivity contribution is -0.139. The highest BCUT2D eigenvalue weighted by molar-refractivity contribution is 5.78. The third kappa shape index (κ3) is 6.82. The number of nitrogens with zero attached hydrogens (tertiary/aromatic N) is 6. The van der Waals surface area contributed by atoms with Crippen LogP contribution in [0.5, 0.6) is 0 Å². The van der Waals surface area contributed by atoms with Gasteiger partial charge >= 0.3 is 12.4 Å². The van der Waals surface area contributed by atoms with Crippen molar-refractivity contribution in [1.82, 2.24) is 25.1 Å². The lowest BCUT2D eigenvalue weighted by atomic mass is 10.2. The Morgan fingerprint density at radius 1 is 1.14 bits per heavy atom. The first-order chi connectivity index (χ1) is 16.9. The molecule has 2 aromatic rings. The van der Waals surface area contributed by atoms with Crippen molar-refractivity contribution >= 4 is 23.8 Å². The van der Waals surface area contributed by atoms with Crippen LogP contribution in [0.15, 0.2) is 28.5 Å². The van der Waals surface area contributed by atoms with E-state index in [-0.39, 0.29) is 32.1 Å². The molecule has 1 aliphatic rings. The van der Waals surface area contributed by atoms with Crippen LogP contribution in [-0.4, -0.2) is 76.0 Å². The number of rotatable bonds is 7. The molecular weight excluding hydrogens is 502 g/mol. The fourth-order valence-electron chi connectivity index (χ4n) is 3.18. The van der Waals surface area contributed by atoms with Gasteiger partial charge in [0.2, 0.25) is 5.95 Å². The van der Waals surface area contributed by atoms with E-state index in [2.05, 4.69) is 25.5 Å². The number of oxime groups is 1. The summed E-state index contributed by atoms with van der Waals surface area (Å²) in [5.74, 6) is -0.305. The van der Waals surface area contributed by atoms with Crippen molar-refractivity contribution in [2.45, 2.75) is 25.3 Å². The molecule has 0 saturated carbocycles. The maximum absolute atomic E-state index is 13.1. The van der Waals surface area contributed by atoms with Crippen molar-refractivity contribution in [3.8, 4) is 0 Å². The number of H-pyrrole nitrogens is 1. The number of aromatic amines is 1. The second-order valence-corrected chi connectivity index (χ2v) is 7.58. The predicted octanol–water partition coefficient (Wildman–Crippen LogP) is 1.75. The molecule has 3 heterocycles. The summed E-state index contributed by atoms with van der Waals surface area (Å²) in [6, 6.07) is -0.808. The van der Waals surface area contributed by atoms with Crippen molar-refractivity contribution in [3.05, 3.63) is 40.1 Å². The largest absolute Gasteiger partial charge is 0.423 e. The topological polar surface area (TPSA) is 129 Å². The zero-order valence-corrected chi connectivity index (χ0v) is 18.6. The van der Waals surface area contributed by atoms with E-state index in [1.54, 1.807) is 10.00 Å². The van der Waals surface area contributed by atoms with Gasteiger partial charge in [-0.05, 0) is 6.92 Å². The minimum absolute atomic E-state index is 0.113. The minimum atomic E-state index is -4.90. The van der Waals surface area contributed by atoms with Crippen LogP contribution < -0.4 is 15.8 Å². The molecule has 196 valence electrons. The van der Waals surface area contributed by atoms with Gasteiger partial charge in [0.05, 0.1) is 29.7 Å². The first-order valence-electron chi connectivity index (χ1n) is 10.3. The van der Waals surface area contributed by atoms with Gasteiger partial charge in [-0.3, -0.25) is 9.59 Å². The van der Waals surface area contributed by atoms with Gasteiger partial charge in [-0.2, -0.15) is 31.4 Å². The van der Waals surface area contributed by atoms with Crippen LogP contribution >= 0.6 is 0 Å². The van der Waals surface area contributed by atoms with Gasteiger partial charge in [-0.1, -0.05) is 5.16 Å². The van der Waals surface area contributed by atoms with Crippen LogP contribution in [0.3, 0.4) is 0 Å². The highest BCUT2D eigenvalue weighted by atomic mass is 19.4. The van der Waals surface area contributed by atoms with Crippen molar-refractivity contribution in [2.24, 2.45) is 5.16 Å². The van der Waals surface area contributed by atoms with E-state index in [9.17, 15) is 35.9 Å². The molecule has 17 heteroatoms. The third-order valence-corrected chi connectivity index (χ3v) is 4.95. The van der Waals surface area contributed by atoms with Crippen LogP contribution in [0.2, 0.25) is 0 Å². The third-order valence-electron chi connectivity index (χ3n) is 4.95. The van der Waals surface area contributed by atoms with Gasteiger partial charge in [0.15, 0.2) is 6.61 Å². The van der Waals surface area contributed by atoms with E-state index in [1.807, 2.05) is 0 Å². The zero-order chi connectivity index (χ0) is 26.5. The summed E-state index contributed by atoms with van der Waals surface area (Å²) in [6.07, 6.45) is -6.14. The average molecular weight is 522 g/mol. The van der Waals surface area contributed by atoms with Gasteiger partial charge in [-0.15, -0.1) is 0 Å². The number of nitrogens with one attached hydrogen (secondary N) is 2. The Balaban J connectivity index is 1.45. The first kappa shape index (κ1) is 26.7. The molecule has 0 aromatic carbocycles. The maximum atomic E-state index is 13.1. The standard InChI is InChI=1S/C19H20F6N8O3/c1-11(30-13-9-28-31-16(35)15(13)19(23,24)25)6-29-36-10-14(34)32-2-4-33(5-3-32)17-26-7-12(8-27-17)18(20,21)22/h6-9,11H,2-5,10H2,1H3,(H2,30,31,35). The van der Waals surface area contributed by atoms with E-state index in [4.69, 9.17) is 4.84 Å². The van der Waals surface area contributed by atoms with Gasteiger partial charge in [0, 0.05) is 38.6 Å². The Hall–Kier alpha value is -3.92. The molecule has 0 radical (unpaired) electrons. The smallest absolute Gasteiger partial charge is 0.386 e. The number of amides is 1. The van der Waals surface area contributed by atoms with Crippen molar-refractivity contribution in [3.63, 3.8) is 0 Å². The molecule has 1 fully saturated rings. The Morgan fingerprint density at radius 3 is 2.36 bits per heavy atom. The molecule has 1 atom stereocenters. The van der Waals surface area contributed by atoms with E-state index in [0.717, 1.165) is 12.4 Å². The average Bonchev–Trinajstić information content (AvgIpc) is 2.80. The molecule has 11 nitrogen and oxygen atoms in total. The van der Waals surface area contributed by atoms with Crippen LogP contribution in [0.1, 0.15) is 18.1 Å². The Kier molecular flexibility index (Phi) is 7.99. The quantitative estimate of drug-likeness (QED) is 0.320. The van der Waals surface area contributed by atoms with Crippen molar-refractivity contribution in [1.29, 1.82) is 0 Å². The number of anilines is 2. The van der Waals surface area contributed by atoms with E-state index >= 15 is 0 Å². The highest BCUT2D eigenvalue weighted by Crippen LogP contribution is 2.31. The maximum Gasteiger partial charge on any atom is 0.423 e. The minimum Gasteiger partial charge on any atom is -0.386 e. The number of halogens is 6. The normalized spacial score (nSPS) is 15.8. The molecule has 2 N–H and O–H groups in total. The number of carbonyl (C=O) groups excluding carboxylic acids is 1. The van der Waals surface area contributed by atoms with Crippen molar-refractivity contribution < 1.29 is 36.0 Å². The number of alkyl halides is 6. The summed E-state index contributed by atoms with van der Waals surface area (Å²) in [5.41, 5.74) is -4.34. The van der Waals surface area contributed by atoms with Gasteiger partial charge in [0.25, 0.3) is 11.5 Å². The predicted molar refractivity (Wildman–Crippen MR) is 113 cm³/mol. The number of aromatic nitrogens is 4. The summed E-state index contributed by atoms with van der Waals surface area (Å²) in [5, 5.41) is 11.1. The Bertz CT molecular complexity index is 1130. The summed E-state index contributed by atoms with van der Waals surface area (Å²) < 4.78 is 77.1. The lowest BCUT2D eigenvalue weighted by Crippen LogP contribution is -2.50. The summed E-state index contributed by atoms with van der Waals surface area (Å²) >= 11 is 0. The number of hydrogen-bond donors (Lipinski definition) is 2. The van der Waals surface area contributed by atoms with Crippen LogP contribution in [0.4, 0.5) is 38.0 Å². The fourth-order valence-corrected chi connectivity index (χ4v) is 3.18. The molecular formula is C19H20F6N8O3. The second kappa shape index (κ2) is 10.8. The molecule has 0 spiro atoms. The lowest BCUT2D eigenvalue weighted by Gasteiger charge is -2.34. The number of hydrogen-bond acceptors (Lipinski definition) is 9. The highest BCUT2D eigenvalue weighted by Gasteiger charge is 2.37. The molecule has 1 unspecified atom stereocenters. The van der Waals surface area contributed by atoms with Gasteiger partial charge in [0.1, 0.15) is 5.56 Å². The molecule has 36 heavy (non-hydrogen) atoms. The Labute approximate surface area is 199 Å². The van der Waals surface area contributed by atoms with Crippen LogP contribution in [-0.2, 0) is 22.0 Å². The van der Waals surface area contributed by atoms with E-state index in [0.29, 0.717) is 12.4 Å². The molecule has 3 rings (SSSR count). The van der Waals surface area contributed by atoms with Crippen LogP contribution in [0.25, 0.3) is 0 Å². The molecule has 0 aliphatic carbocycles.